The number of hydrogen-bond acceptors (Lipinski definition) is 4. The maximum absolute atomic E-state index is 11.9. The first kappa shape index (κ1) is 9.78. The summed E-state index contributed by atoms with van der Waals surface area (Å²) in [7, 11) is 0. The summed E-state index contributed by atoms with van der Waals surface area (Å²) in [6.45, 7) is 4.25. The summed E-state index contributed by atoms with van der Waals surface area (Å²) in [4.78, 5) is 18.4. The van der Waals surface area contributed by atoms with Crippen LogP contribution >= 0.6 is 0 Å². The van der Waals surface area contributed by atoms with Gasteiger partial charge in [0.1, 0.15) is 5.69 Å². The smallest absolute Gasteiger partial charge is 0.185 e. The van der Waals surface area contributed by atoms with Crippen molar-refractivity contribution in [1.29, 1.82) is 0 Å². The van der Waals surface area contributed by atoms with Crippen LogP contribution in [0.5, 0.6) is 0 Å². The summed E-state index contributed by atoms with van der Waals surface area (Å²) in [5, 5.41) is 0. The van der Waals surface area contributed by atoms with E-state index in [1.54, 1.807) is 6.20 Å². The molecule has 1 saturated heterocycles. The Balaban J connectivity index is 2.09. The van der Waals surface area contributed by atoms with Crippen molar-refractivity contribution in [2.45, 2.75) is 19.4 Å². The first-order valence-electron chi connectivity index (χ1n) is 5.60. The number of hydrogen-bond donors (Lipinski definition) is 0. The molecule has 4 heteroatoms. The number of aromatic nitrogens is 1. The van der Waals surface area contributed by atoms with Crippen LogP contribution in [0.2, 0.25) is 0 Å². The second kappa shape index (κ2) is 3.56. The van der Waals surface area contributed by atoms with Crippen molar-refractivity contribution in [3.05, 3.63) is 23.5 Å². The van der Waals surface area contributed by atoms with E-state index in [-0.39, 0.29) is 11.8 Å². The molecule has 3 heterocycles. The third kappa shape index (κ3) is 1.41. The van der Waals surface area contributed by atoms with E-state index in [4.69, 9.17) is 4.74 Å². The molecule has 3 rings (SSSR count). The van der Waals surface area contributed by atoms with Gasteiger partial charge in [-0.15, -0.1) is 0 Å². The number of carbonyl (C=O) groups is 1. The van der Waals surface area contributed by atoms with Crippen molar-refractivity contribution < 1.29 is 9.53 Å². The number of ketones is 1. The average Bonchev–Trinajstić information content (AvgIpc) is 2.29. The van der Waals surface area contributed by atoms with Crippen molar-refractivity contribution in [1.82, 2.24) is 4.98 Å². The van der Waals surface area contributed by atoms with E-state index in [0.717, 1.165) is 24.4 Å². The fourth-order valence-electron chi connectivity index (χ4n) is 2.44. The lowest BCUT2D eigenvalue weighted by Crippen LogP contribution is -2.49. The number of rotatable bonds is 0. The SMILES string of the molecule is Cc1cnc2c(c1)N1CCOCC1CC2=O. The molecule has 0 saturated carbocycles. The zero-order valence-electron chi connectivity index (χ0n) is 9.27. The zero-order chi connectivity index (χ0) is 11.1. The molecule has 1 aromatic heterocycles. The third-order valence-electron chi connectivity index (χ3n) is 3.23. The summed E-state index contributed by atoms with van der Waals surface area (Å²) < 4.78 is 5.42. The molecular formula is C12H14N2O2. The van der Waals surface area contributed by atoms with Crippen LogP contribution in [0.3, 0.4) is 0 Å². The van der Waals surface area contributed by atoms with Gasteiger partial charge in [0, 0.05) is 19.2 Å². The standard InChI is InChI=1S/C12H14N2O2/c1-8-4-10-12(13-6-8)11(15)5-9-7-16-3-2-14(9)10/h4,6,9H,2-3,5,7H2,1H3. The maximum Gasteiger partial charge on any atom is 0.185 e. The van der Waals surface area contributed by atoms with Crippen LogP contribution in [0.25, 0.3) is 0 Å². The molecule has 2 aliphatic rings. The Morgan fingerprint density at radius 3 is 3.31 bits per heavy atom. The number of Topliss-reactive ketones (excluding diaryl/α,β-unsaturated/α-hetero) is 1. The summed E-state index contributed by atoms with van der Waals surface area (Å²) in [6.07, 6.45) is 2.29. The minimum atomic E-state index is 0.141. The molecule has 0 bridgehead atoms. The summed E-state index contributed by atoms with van der Waals surface area (Å²) in [5.74, 6) is 0.141. The van der Waals surface area contributed by atoms with E-state index in [1.165, 1.54) is 0 Å². The number of anilines is 1. The van der Waals surface area contributed by atoms with Gasteiger partial charge in [-0.2, -0.15) is 0 Å². The quantitative estimate of drug-likeness (QED) is 0.656. The molecule has 1 aromatic rings. The highest BCUT2D eigenvalue weighted by atomic mass is 16.5. The highest BCUT2D eigenvalue weighted by Crippen LogP contribution is 2.31. The van der Waals surface area contributed by atoms with Gasteiger partial charge < -0.3 is 9.64 Å². The minimum Gasteiger partial charge on any atom is -0.377 e. The third-order valence-corrected chi connectivity index (χ3v) is 3.23. The lowest BCUT2D eigenvalue weighted by molar-refractivity contribution is 0.0760. The lowest BCUT2D eigenvalue weighted by atomic mass is 9.97. The predicted octanol–water partition coefficient (Wildman–Crippen LogP) is 1.18. The van der Waals surface area contributed by atoms with E-state index >= 15 is 0 Å². The molecular weight excluding hydrogens is 204 g/mol. The Morgan fingerprint density at radius 1 is 1.56 bits per heavy atom. The first-order valence-corrected chi connectivity index (χ1v) is 5.60. The van der Waals surface area contributed by atoms with Crippen molar-refractivity contribution in [3.63, 3.8) is 0 Å². The van der Waals surface area contributed by atoms with E-state index in [9.17, 15) is 4.79 Å². The van der Waals surface area contributed by atoms with Gasteiger partial charge >= 0.3 is 0 Å². The molecule has 2 aliphatic heterocycles. The molecule has 84 valence electrons. The van der Waals surface area contributed by atoms with Gasteiger partial charge in [-0.05, 0) is 18.6 Å². The van der Waals surface area contributed by atoms with Crippen LogP contribution < -0.4 is 4.90 Å². The normalized spacial score (nSPS) is 23.9. The van der Waals surface area contributed by atoms with E-state index in [2.05, 4.69) is 16.0 Å². The molecule has 0 amide bonds. The van der Waals surface area contributed by atoms with Gasteiger partial charge in [0.25, 0.3) is 0 Å². The van der Waals surface area contributed by atoms with Crippen molar-refractivity contribution >= 4 is 11.5 Å². The average molecular weight is 218 g/mol. The van der Waals surface area contributed by atoms with E-state index in [1.807, 2.05) is 6.92 Å². The fourth-order valence-corrected chi connectivity index (χ4v) is 2.44. The van der Waals surface area contributed by atoms with Gasteiger partial charge in [-0.1, -0.05) is 0 Å². The van der Waals surface area contributed by atoms with Crippen LogP contribution in [0.1, 0.15) is 22.5 Å². The second-order valence-corrected chi connectivity index (χ2v) is 4.43. The van der Waals surface area contributed by atoms with Crippen molar-refractivity contribution in [2.24, 2.45) is 0 Å². The number of pyridine rings is 1. The molecule has 0 aromatic carbocycles. The van der Waals surface area contributed by atoms with Crippen molar-refractivity contribution in [3.8, 4) is 0 Å². The minimum absolute atomic E-state index is 0.141. The van der Waals surface area contributed by atoms with E-state index < -0.39 is 0 Å². The number of fused-ring (bicyclic) bond motifs is 3. The van der Waals surface area contributed by atoms with Crippen molar-refractivity contribution in [2.75, 3.05) is 24.7 Å². The Hall–Kier alpha value is -1.42. The molecule has 0 radical (unpaired) electrons. The Morgan fingerprint density at radius 2 is 2.44 bits per heavy atom. The van der Waals surface area contributed by atoms with Gasteiger partial charge in [-0.3, -0.25) is 9.78 Å². The van der Waals surface area contributed by atoms with Crippen LogP contribution in [-0.2, 0) is 4.74 Å². The molecule has 1 fully saturated rings. The number of morpholine rings is 1. The molecule has 0 N–H and O–H groups in total. The zero-order valence-corrected chi connectivity index (χ0v) is 9.27. The van der Waals surface area contributed by atoms with Gasteiger partial charge in [-0.25, -0.2) is 0 Å². The van der Waals surface area contributed by atoms with Gasteiger partial charge in [0.2, 0.25) is 0 Å². The monoisotopic (exact) mass is 218 g/mol. The Labute approximate surface area is 94.2 Å². The molecule has 4 nitrogen and oxygen atoms in total. The van der Waals surface area contributed by atoms with Crippen LogP contribution in [0, 0.1) is 6.92 Å². The molecule has 0 aliphatic carbocycles. The molecule has 0 spiro atoms. The summed E-state index contributed by atoms with van der Waals surface area (Å²) in [6, 6.07) is 2.26. The van der Waals surface area contributed by atoms with Crippen LogP contribution in [0.4, 0.5) is 5.69 Å². The Bertz CT molecular complexity index is 445. The largest absolute Gasteiger partial charge is 0.377 e. The first-order chi connectivity index (χ1) is 7.75. The highest BCUT2D eigenvalue weighted by molar-refractivity contribution is 6.02. The van der Waals surface area contributed by atoms with Crippen LogP contribution in [-0.4, -0.2) is 36.6 Å². The maximum atomic E-state index is 11.9. The summed E-state index contributed by atoms with van der Waals surface area (Å²) >= 11 is 0. The van der Waals surface area contributed by atoms with Gasteiger partial charge in [0.05, 0.1) is 24.9 Å². The summed E-state index contributed by atoms with van der Waals surface area (Å²) in [5.41, 5.74) is 2.71. The van der Waals surface area contributed by atoms with Crippen LogP contribution in [0.15, 0.2) is 12.3 Å². The highest BCUT2D eigenvalue weighted by Gasteiger charge is 2.34. The number of carbonyl (C=O) groups excluding carboxylic acids is 1. The molecule has 16 heavy (non-hydrogen) atoms. The molecule has 1 atom stereocenters. The number of ether oxygens (including phenoxy) is 1. The Kier molecular flexibility index (Phi) is 2.17. The lowest BCUT2D eigenvalue weighted by Gasteiger charge is -2.40. The van der Waals surface area contributed by atoms with Gasteiger partial charge in [0.15, 0.2) is 5.78 Å². The molecule has 1 unspecified atom stereocenters. The predicted molar refractivity (Wildman–Crippen MR) is 59.9 cm³/mol. The fraction of sp³-hybridized carbons (Fsp3) is 0.500. The van der Waals surface area contributed by atoms with E-state index in [0.29, 0.717) is 18.7 Å². The second-order valence-electron chi connectivity index (χ2n) is 4.43. The number of nitrogens with zero attached hydrogens (tertiary/aromatic N) is 2. The topological polar surface area (TPSA) is 42.4 Å². The number of aryl methyl sites for hydroxylation is 1.